The Kier molecular flexibility index (Phi) is 3.83. The fraction of sp³-hybridized carbons (Fsp3) is 0.500. The highest BCUT2D eigenvalue weighted by molar-refractivity contribution is 5.96. The van der Waals surface area contributed by atoms with E-state index in [1.807, 2.05) is 26.8 Å². The average Bonchev–Trinajstić information content (AvgIpc) is 2.59. The summed E-state index contributed by atoms with van der Waals surface area (Å²) in [4.78, 5) is 11.8. The number of hydrogen-bond acceptors (Lipinski definition) is 2. The van der Waals surface area contributed by atoms with Crippen molar-refractivity contribution in [3.05, 3.63) is 29.6 Å². The number of aromatic nitrogens is 2. The maximum absolute atomic E-state index is 11.8. The molecule has 0 aliphatic rings. The van der Waals surface area contributed by atoms with Crippen LogP contribution in [-0.2, 0) is 13.0 Å². The van der Waals surface area contributed by atoms with Gasteiger partial charge in [0.2, 0.25) is 0 Å². The predicted molar refractivity (Wildman–Crippen MR) is 61.0 cm³/mol. The van der Waals surface area contributed by atoms with Crippen molar-refractivity contribution in [3.63, 3.8) is 0 Å². The summed E-state index contributed by atoms with van der Waals surface area (Å²) in [5.41, 5.74) is 2.57. The highest BCUT2D eigenvalue weighted by Crippen LogP contribution is 2.10. The molecule has 15 heavy (non-hydrogen) atoms. The molecule has 0 bridgehead atoms. The van der Waals surface area contributed by atoms with Gasteiger partial charge in [0, 0.05) is 13.0 Å². The van der Waals surface area contributed by atoms with Crippen molar-refractivity contribution in [1.29, 1.82) is 0 Å². The molecule has 0 aliphatic heterocycles. The zero-order valence-electron chi connectivity index (χ0n) is 9.71. The largest absolute Gasteiger partial charge is 0.292 e. The molecule has 1 rings (SSSR count). The van der Waals surface area contributed by atoms with Gasteiger partial charge in [-0.3, -0.25) is 9.48 Å². The van der Waals surface area contributed by atoms with Gasteiger partial charge < -0.3 is 0 Å². The summed E-state index contributed by atoms with van der Waals surface area (Å²) in [5.74, 6) is 0.108. The summed E-state index contributed by atoms with van der Waals surface area (Å²) in [6.45, 7) is 10.4. The lowest BCUT2D eigenvalue weighted by molar-refractivity contribution is 0.0983. The first-order valence-electron chi connectivity index (χ1n) is 5.32. The molecule has 3 nitrogen and oxygen atoms in total. The maximum atomic E-state index is 11.8. The molecule has 0 atom stereocenters. The van der Waals surface area contributed by atoms with E-state index in [4.69, 9.17) is 0 Å². The number of hydrogen-bond donors (Lipinski definition) is 0. The molecule has 0 saturated heterocycles. The van der Waals surface area contributed by atoms with Gasteiger partial charge in [0.15, 0.2) is 5.78 Å². The summed E-state index contributed by atoms with van der Waals surface area (Å²) in [5, 5.41) is 4.34. The van der Waals surface area contributed by atoms with Gasteiger partial charge >= 0.3 is 0 Å². The highest BCUT2D eigenvalue weighted by atomic mass is 16.1. The number of Topliss-reactive ketones (excluding diaryl/α,β-unsaturated/α-hetero) is 1. The van der Waals surface area contributed by atoms with Gasteiger partial charge in [-0.05, 0) is 26.3 Å². The zero-order valence-corrected chi connectivity index (χ0v) is 9.71. The van der Waals surface area contributed by atoms with Crippen molar-refractivity contribution in [3.8, 4) is 0 Å². The van der Waals surface area contributed by atoms with E-state index in [0.717, 1.165) is 24.2 Å². The SMILES string of the molecule is C=C(C)CC(=O)c1cc(CC)nn1CC. The van der Waals surface area contributed by atoms with E-state index in [1.165, 1.54) is 0 Å². The summed E-state index contributed by atoms with van der Waals surface area (Å²) in [6, 6.07) is 1.88. The Morgan fingerprint density at radius 3 is 2.67 bits per heavy atom. The first-order chi connectivity index (χ1) is 7.08. The van der Waals surface area contributed by atoms with Crippen molar-refractivity contribution in [1.82, 2.24) is 9.78 Å². The third kappa shape index (κ3) is 2.78. The molecule has 0 aliphatic carbocycles. The second-order valence-electron chi connectivity index (χ2n) is 3.75. The fourth-order valence-corrected chi connectivity index (χ4v) is 1.47. The van der Waals surface area contributed by atoms with Crippen LogP contribution >= 0.6 is 0 Å². The number of carbonyl (C=O) groups excluding carboxylic acids is 1. The maximum Gasteiger partial charge on any atom is 0.184 e. The minimum absolute atomic E-state index is 0.108. The summed E-state index contributed by atoms with van der Waals surface area (Å²) < 4.78 is 1.77. The van der Waals surface area contributed by atoms with Crippen LogP contribution in [0.25, 0.3) is 0 Å². The van der Waals surface area contributed by atoms with Crippen LogP contribution in [0.3, 0.4) is 0 Å². The van der Waals surface area contributed by atoms with Gasteiger partial charge in [-0.2, -0.15) is 5.10 Å². The van der Waals surface area contributed by atoms with Crippen molar-refractivity contribution in [2.24, 2.45) is 0 Å². The molecule has 0 amide bonds. The molecule has 0 aromatic carbocycles. The standard InChI is InChI=1S/C12H18N2O/c1-5-10-8-11(14(6-2)13-10)12(15)7-9(3)4/h8H,3,5-7H2,1-2,4H3. The normalized spacial score (nSPS) is 10.3. The third-order valence-corrected chi connectivity index (χ3v) is 2.24. The molecule has 0 saturated carbocycles. The summed E-state index contributed by atoms with van der Waals surface area (Å²) >= 11 is 0. The van der Waals surface area contributed by atoms with E-state index >= 15 is 0 Å². The Morgan fingerprint density at radius 2 is 2.20 bits per heavy atom. The Bertz CT molecular complexity index is 377. The van der Waals surface area contributed by atoms with Gasteiger partial charge in [0.1, 0.15) is 5.69 Å². The van der Waals surface area contributed by atoms with Crippen molar-refractivity contribution < 1.29 is 4.79 Å². The van der Waals surface area contributed by atoms with Crippen LogP contribution in [0.15, 0.2) is 18.2 Å². The first kappa shape index (κ1) is 11.7. The van der Waals surface area contributed by atoms with Crippen LogP contribution < -0.4 is 0 Å². The number of carbonyl (C=O) groups is 1. The molecule has 0 fully saturated rings. The van der Waals surface area contributed by atoms with Crippen LogP contribution in [0.4, 0.5) is 0 Å². The monoisotopic (exact) mass is 206 g/mol. The lowest BCUT2D eigenvalue weighted by Crippen LogP contribution is -2.09. The summed E-state index contributed by atoms with van der Waals surface area (Å²) in [7, 11) is 0. The van der Waals surface area contributed by atoms with Crippen LogP contribution in [0.1, 0.15) is 43.4 Å². The smallest absolute Gasteiger partial charge is 0.184 e. The Morgan fingerprint density at radius 1 is 1.53 bits per heavy atom. The Hall–Kier alpha value is -1.38. The molecule has 1 aromatic rings. The quantitative estimate of drug-likeness (QED) is 0.548. The fourth-order valence-electron chi connectivity index (χ4n) is 1.47. The van der Waals surface area contributed by atoms with E-state index in [9.17, 15) is 4.79 Å². The molecule has 1 heterocycles. The van der Waals surface area contributed by atoms with Gasteiger partial charge in [-0.25, -0.2) is 0 Å². The molecule has 0 spiro atoms. The number of nitrogens with zero attached hydrogens (tertiary/aromatic N) is 2. The molecule has 0 unspecified atom stereocenters. The number of ketones is 1. The lowest BCUT2D eigenvalue weighted by atomic mass is 10.1. The molecule has 0 radical (unpaired) electrons. The van der Waals surface area contributed by atoms with E-state index < -0.39 is 0 Å². The van der Waals surface area contributed by atoms with E-state index in [0.29, 0.717) is 12.1 Å². The van der Waals surface area contributed by atoms with E-state index in [1.54, 1.807) is 4.68 Å². The average molecular weight is 206 g/mol. The first-order valence-corrected chi connectivity index (χ1v) is 5.32. The van der Waals surface area contributed by atoms with E-state index in [-0.39, 0.29) is 5.78 Å². The lowest BCUT2D eigenvalue weighted by Gasteiger charge is -2.02. The molecule has 0 N–H and O–H groups in total. The second-order valence-corrected chi connectivity index (χ2v) is 3.75. The topological polar surface area (TPSA) is 34.9 Å². The Labute approximate surface area is 90.8 Å². The van der Waals surface area contributed by atoms with Gasteiger partial charge in [-0.1, -0.05) is 19.1 Å². The van der Waals surface area contributed by atoms with Crippen LogP contribution in [0, 0.1) is 0 Å². The molecule has 82 valence electrons. The molecular weight excluding hydrogens is 188 g/mol. The van der Waals surface area contributed by atoms with E-state index in [2.05, 4.69) is 11.7 Å². The predicted octanol–water partition coefficient (Wildman–Crippen LogP) is 2.61. The van der Waals surface area contributed by atoms with Crippen molar-refractivity contribution in [2.45, 2.75) is 40.2 Å². The zero-order chi connectivity index (χ0) is 11.4. The minimum Gasteiger partial charge on any atom is -0.292 e. The molecule has 1 aromatic heterocycles. The number of aryl methyl sites for hydroxylation is 2. The Balaban J connectivity index is 2.96. The highest BCUT2D eigenvalue weighted by Gasteiger charge is 2.13. The minimum atomic E-state index is 0.108. The van der Waals surface area contributed by atoms with Gasteiger partial charge in [0.25, 0.3) is 0 Å². The van der Waals surface area contributed by atoms with Crippen LogP contribution in [-0.4, -0.2) is 15.6 Å². The molecule has 3 heteroatoms. The number of allylic oxidation sites excluding steroid dienone is 1. The van der Waals surface area contributed by atoms with Crippen molar-refractivity contribution >= 4 is 5.78 Å². The third-order valence-electron chi connectivity index (χ3n) is 2.24. The summed E-state index contributed by atoms with van der Waals surface area (Å²) in [6.07, 6.45) is 1.27. The van der Waals surface area contributed by atoms with Gasteiger partial charge in [-0.15, -0.1) is 0 Å². The van der Waals surface area contributed by atoms with Crippen LogP contribution in [0.2, 0.25) is 0 Å². The second kappa shape index (κ2) is 4.91. The van der Waals surface area contributed by atoms with Crippen LogP contribution in [0.5, 0.6) is 0 Å². The van der Waals surface area contributed by atoms with Crippen molar-refractivity contribution in [2.75, 3.05) is 0 Å². The molecular formula is C12H18N2O. The van der Waals surface area contributed by atoms with Gasteiger partial charge in [0.05, 0.1) is 5.69 Å². The number of rotatable bonds is 5.